The molecule has 3 aliphatic carbocycles. The molecule has 1 aliphatic heterocycles. The summed E-state index contributed by atoms with van der Waals surface area (Å²) in [7, 11) is 0. The molecule has 0 amide bonds. The predicted molar refractivity (Wildman–Crippen MR) is 270 cm³/mol. The summed E-state index contributed by atoms with van der Waals surface area (Å²) in [4.78, 5) is 2.76. The number of anilines is 4. The fourth-order valence-corrected chi connectivity index (χ4v) is 12.7. The maximum absolute atomic E-state index is 4.09. The lowest BCUT2D eigenvalue weighted by Crippen LogP contribution is -2.54. The molecule has 1 heterocycles. The molecular formula is C62H56N2. The van der Waals surface area contributed by atoms with Crippen LogP contribution in [-0.2, 0) is 16.2 Å². The van der Waals surface area contributed by atoms with Crippen molar-refractivity contribution in [2.24, 2.45) is 0 Å². The van der Waals surface area contributed by atoms with Crippen molar-refractivity contribution >= 4 is 22.7 Å². The fraction of sp³-hybridized carbons (Fsp3) is 0.226. The van der Waals surface area contributed by atoms with Crippen LogP contribution in [0.3, 0.4) is 0 Å². The van der Waals surface area contributed by atoms with E-state index >= 15 is 0 Å². The molecule has 0 radical (unpaired) electrons. The third kappa shape index (κ3) is 5.57. The first-order chi connectivity index (χ1) is 31.0. The lowest BCUT2D eigenvalue weighted by molar-refractivity contribution is 0.195. The molecule has 2 atom stereocenters. The highest BCUT2D eigenvalue weighted by molar-refractivity contribution is 5.95. The summed E-state index contributed by atoms with van der Waals surface area (Å²) in [6.45, 7) is 14.6. The molecule has 2 heteroatoms. The van der Waals surface area contributed by atoms with Crippen LogP contribution in [0.15, 0.2) is 176 Å². The van der Waals surface area contributed by atoms with Crippen molar-refractivity contribution in [3.8, 4) is 55.6 Å². The van der Waals surface area contributed by atoms with Gasteiger partial charge in [-0.2, -0.15) is 0 Å². The molecule has 1 N–H and O–H groups in total. The highest BCUT2D eigenvalue weighted by Crippen LogP contribution is 2.62. The number of nitrogens with zero attached hydrogens (tertiary/aromatic N) is 1. The maximum Gasteiger partial charge on any atom is 0.0517 e. The Hall–Kier alpha value is -6.64. The topological polar surface area (TPSA) is 15.3 Å². The summed E-state index contributed by atoms with van der Waals surface area (Å²) >= 11 is 0. The zero-order valence-electron chi connectivity index (χ0n) is 38.0. The number of hydrogen-bond acceptors (Lipinski definition) is 2. The monoisotopic (exact) mass is 828 g/mol. The maximum atomic E-state index is 4.09. The van der Waals surface area contributed by atoms with E-state index < -0.39 is 0 Å². The Morgan fingerprint density at radius 3 is 1.67 bits per heavy atom. The number of benzene rings is 8. The Morgan fingerprint density at radius 2 is 0.969 bits per heavy atom. The van der Waals surface area contributed by atoms with E-state index in [1.54, 1.807) is 0 Å². The van der Waals surface area contributed by atoms with Crippen molar-refractivity contribution in [3.05, 3.63) is 204 Å². The lowest BCUT2D eigenvalue weighted by atomic mass is 9.61. The third-order valence-electron chi connectivity index (χ3n) is 16.4. The van der Waals surface area contributed by atoms with Crippen molar-refractivity contribution in [1.29, 1.82) is 0 Å². The molecule has 12 rings (SSSR count). The van der Waals surface area contributed by atoms with Crippen LogP contribution in [0.5, 0.6) is 0 Å². The summed E-state index contributed by atoms with van der Waals surface area (Å²) in [5, 5.41) is 4.09. The second-order valence-corrected chi connectivity index (χ2v) is 20.6. The summed E-state index contributed by atoms with van der Waals surface area (Å²) in [5.74, 6) is 0. The molecule has 2 unspecified atom stereocenters. The quantitative estimate of drug-likeness (QED) is 0.180. The molecule has 0 bridgehead atoms. The second-order valence-electron chi connectivity index (χ2n) is 20.6. The van der Waals surface area contributed by atoms with Gasteiger partial charge in [-0.3, -0.25) is 0 Å². The van der Waals surface area contributed by atoms with Gasteiger partial charge in [0.05, 0.1) is 5.54 Å². The van der Waals surface area contributed by atoms with Gasteiger partial charge in [-0.1, -0.05) is 169 Å². The predicted octanol–water partition coefficient (Wildman–Crippen LogP) is 16.8. The van der Waals surface area contributed by atoms with E-state index in [9.17, 15) is 0 Å². The van der Waals surface area contributed by atoms with Gasteiger partial charge in [0, 0.05) is 44.6 Å². The smallest absolute Gasteiger partial charge is 0.0517 e. The molecule has 1 fully saturated rings. The summed E-state index contributed by atoms with van der Waals surface area (Å²) in [6, 6.07) is 66.6. The fourth-order valence-electron chi connectivity index (χ4n) is 12.7. The van der Waals surface area contributed by atoms with E-state index in [1.165, 1.54) is 114 Å². The summed E-state index contributed by atoms with van der Waals surface area (Å²) < 4.78 is 0. The molecule has 1 saturated carbocycles. The molecule has 0 aromatic heterocycles. The summed E-state index contributed by atoms with van der Waals surface area (Å²) in [5.41, 5.74) is 24.3. The first-order valence-electron chi connectivity index (χ1n) is 23.5. The van der Waals surface area contributed by atoms with E-state index in [0.29, 0.717) is 0 Å². The van der Waals surface area contributed by atoms with E-state index in [4.69, 9.17) is 0 Å². The molecule has 4 aliphatic rings. The van der Waals surface area contributed by atoms with Gasteiger partial charge in [0.25, 0.3) is 0 Å². The van der Waals surface area contributed by atoms with Gasteiger partial charge in [0.1, 0.15) is 0 Å². The van der Waals surface area contributed by atoms with Crippen LogP contribution in [0.1, 0.15) is 95.0 Å². The van der Waals surface area contributed by atoms with Crippen LogP contribution in [0.4, 0.5) is 22.7 Å². The molecular weight excluding hydrogens is 773 g/mol. The zero-order chi connectivity index (χ0) is 43.6. The highest BCUT2D eigenvalue weighted by atomic mass is 15.3. The number of fused-ring (bicyclic) bond motifs is 9. The summed E-state index contributed by atoms with van der Waals surface area (Å²) in [6.07, 6.45) is 4.79. The minimum atomic E-state index is -0.141. The molecule has 8 aromatic carbocycles. The van der Waals surface area contributed by atoms with Crippen LogP contribution in [0.25, 0.3) is 55.6 Å². The molecule has 314 valence electrons. The Bertz CT molecular complexity index is 3170. The Kier molecular flexibility index (Phi) is 8.49. The zero-order valence-corrected chi connectivity index (χ0v) is 38.0. The van der Waals surface area contributed by atoms with Gasteiger partial charge in [-0.25, -0.2) is 0 Å². The average molecular weight is 829 g/mol. The second kappa shape index (κ2) is 13.9. The van der Waals surface area contributed by atoms with E-state index in [-0.39, 0.29) is 21.8 Å². The van der Waals surface area contributed by atoms with Gasteiger partial charge in [0.2, 0.25) is 0 Å². The van der Waals surface area contributed by atoms with Crippen molar-refractivity contribution in [2.75, 3.05) is 10.2 Å². The highest BCUT2D eigenvalue weighted by Gasteiger charge is 2.57. The SMILES string of the molecule is CC1(C)c2ccccc2-c2ccc(Nc3cc4c(cc3-c3cc(-c5ccccc5)cc(N5c6ccc(-c7ccccc7)cc6C6(C)CCCCC56C)c3)-c3ccccc3C4(C)C)cc21. The van der Waals surface area contributed by atoms with E-state index in [1.807, 2.05) is 0 Å². The molecule has 2 nitrogen and oxygen atoms in total. The Labute approximate surface area is 379 Å². The lowest BCUT2D eigenvalue weighted by Gasteiger charge is -2.50. The minimum Gasteiger partial charge on any atom is -0.355 e. The Balaban J connectivity index is 1.07. The number of rotatable bonds is 6. The van der Waals surface area contributed by atoms with Gasteiger partial charge < -0.3 is 10.2 Å². The van der Waals surface area contributed by atoms with E-state index in [2.05, 4.69) is 228 Å². The number of hydrogen-bond donors (Lipinski definition) is 1. The number of nitrogens with one attached hydrogen (secondary N) is 1. The van der Waals surface area contributed by atoms with Crippen LogP contribution in [-0.4, -0.2) is 5.54 Å². The van der Waals surface area contributed by atoms with Gasteiger partial charge >= 0.3 is 0 Å². The minimum absolute atomic E-state index is 0.00906. The van der Waals surface area contributed by atoms with Crippen molar-refractivity contribution in [3.63, 3.8) is 0 Å². The largest absolute Gasteiger partial charge is 0.355 e. The normalized spacial score (nSPS) is 20.4. The molecule has 8 aromatic rings. The first kappa shape index (κ1) is 39.0. The molecule has 0 saturated heterocycles. The van der Waals surface area contributed by atoms with Crippen LogP contribution in [0, 0.1) is 0 Å². The van der Waals surface area contributed by atoms with Gasteiger partial charge in [0.15, 0.2) is 0 Å². The standard InChI is InChI=1S/C62H56N2/c1-59(2)52-25-15-13-23-47(52)49-29-28-45(37-54(49)59)63-57-39-55-51(48-24-14-16-26-53(48)60(55,3)4)38-50(57)44-33-43(41-21-11-8-12-22-41)34-46(35-44)64-58-30-27-42(40-19-9-7-10-20-40)36-56(58)61(5)31-17-18-32-62(61,64)6/h7-16,19-30,33-39,63H,17-18,31-32H2,1-6H3. The molecule has 64 heavy (non-hydrogen) atoms. The van der Waals surface area contributed by atoms with Gasteiger partial charge in [-0.05, 0) is 152 Å². The first-order valence-corrected chi connectivity index (χ1v) is 23.5. The average Bonchev–Trinajstić information content (AvgIpc) is 3.78. The van der Waals surface area contributed by atoms with Crippen molar-refractivity contribution < 1.29 is 0 Å². The van der Waals surface area contributed by atoms with Crippen LogP contribution in [0.2, 0.25) is 0 Å². The Morgan fingerprint density at radius 1 is 0.391 bits per heavy atom. The van der Waals surface area contributed by atoms with E-state index in [0.717, 1.165) is 17.8 Å². The molecule has 0 spiro atoms. The third-order valence-corrected chi connectivity index (χ3v) is 16.4. The van der Waals surface area contributed by atoms with Crippen LogP contribution < -0.4 is 10.2 Å². The van der Waals surface area contributed by atoms with Crippen LogP contribution >= 0.6 is 0 Å². The van der Waals surface area contributed by atoms with Gasteiger partial charge in [-0.15, -0.1) is 0 Å². The van der Waals surface area contributed by atoms with Crippen molar-refractivity contribution in [1.82, 2.24) is 0 Å². The van der Waals surface area contributed by atoms with Crippen molar-refractivity contribution in [2.45, 2.75) is 89.0 Å².